The number of furan rings is 1. The van der Waals surface area contributed by atoms with Gasteiger partial charge in [-0.15, -0.1) is 22.7 Å². The molecule has 0 radical (unpaired) electrons. The summed E-state index contributed by atoms with van der Waals surface area (Å²) in [5, 5.41) is 14.6. The number of thiophene rings is 1. The Balaban J connectivity index is 1.38. The standard InChI is InChI=1S/C24H17N3OS2/c1-2-5-17-12-18(8-7-16(17)4-1)21-15-30-24(25-21)27-22(19-9-10-28-14-19)13-20(26-27)23-6-3-11-29-23/h1-12,14-15,22H,13H2/t22-/m0/s1. The van der Waals surface area contributed by atoms with Crippen molar-refractivity contribution >= 4 is 44.3 Å². The first-order valence-electron chi connectivity index (χ1n) is 9.72. The van der Waals surface area contributed by atoms with Gasteiger partial charge < -0.3 is 4.42 Å². The van der Waals surface area contributed by atoms with Crippen molar-refractivity contribution in [2.75, 3.05) is 5.01 Å². The lowest BCUT2D eigenvalue weighted by Crippen LogP contribution is -2.17. The molecule has 0 saturated carbocycles. The predicted molar refractivity (Wildman–Crippen MR) is 124 cm³/mol. The molecule has 4 heterocycles. The van der Waals surface area contributed by atoms with Crippen molar-refractivity contribution in [2.24, 2.45) is 5.10 Å². The first-order chi connectivity index (χ1) is 14.8. The van der Waals surface area contributed by atoms with Crippen molar-refractivity contribution in [3.63, 3.8) is 0 Å². The van der Waals surface area contributed by atoms with E-state index in [-0.39, 0.29) is 6.04 Å². The van der Waals surface area contributed by atoms with Gasteiger partial charge in [0.2, 0.25) is 5.13 Å². The van der Waals surface area contributed by atoms with E-state index in [1.807, 2.05) is 12.3 Å². The number of hydrogen-bond acceptors (Lipinski definition) is 6. The molecule has 0 unspecified atom stereocenters. The minimum Gasteiger partial charge on any atom is -0.472 e. The van der Waals surface area contributed by atoms with Crippen LogP contribution in [0.3, 0.4) is 0 Å². The highest BCUT2D eigenvalue weighted by Crippen LogP contribution is 2.40. The smallest absolute Gasteiger partial charge is 0.207 e. The zero-order chi connectivity index (χ0) is 19.9. The van der Waals surface area contributed by atoms with Crippen LogP contribution in [0.1, 0.15) is 22.9 Å². The van der Waals surface area contributed by atoms with Crippen LogP contribution in [0, 0.1) is 0 Å². The maximum absolute atomic E-state index is 5.36. The third-order valence-corrected chi connectivity index (χ3v) is 7.13. The Morgan fingerprint density at radius 1 is 0.967 bits per heavy atom. The van der Waals surface area contributed by atoms with Crippen LogP contribution in [0.5, 0.6) is 0 Å². The summed E-state index contributed by atoms with van der Waals surface area (Å²) in [4.78, 5) is 6.16. The summed E-state index contributed by atoms with van der Waals surface area (Å²) in [5.41, 5.74) is 4.32. The molecular weight excluding hydrogens is 410 g/mol. The zero-order valence-corrected chi connectivity index (χ0v) is 17.6. The minimum absolute atomic E-state index is 0.0939. The van der Waals surface area contributed by atoms with Crippen molar-refractivity contribution in [1.29, 1.82) is 0 Å². The molecule has 0 aliphatic carbocycles. The highest BCUT2D eigenvalue weighted by molar-refractivity contribution is 7.14. The second-order valence-electron chi connectivity index (χ2n) is 7.22. The number of thiazole rings is 1. The molecule has 1 aliphatic heterocycles. The van der Waals surface area contributed by atoms with Crippen LogP contribution < -0.4 is 5.01 Å². The molecule has 5 aromatic rings. The Hall–Kier alpha value is -3.22. The van der Waals surface area contributed by atoms with Crippen molar-refractivity contribution in [1.82, 2.24) is 4.98 Å². The number of hydrazone groups is 1. The van der Waals surface area contributed by atoms with Crippen LogP contribution >= 0.6 is 22.7 Å². The van der Waals surface area contributed by atoms with E-state index in [2.05, 4.69) is 70.4 Å². The maximum Gasteiger partial charge on any atom is 0.207 e. The van der Waals surface area contributed by atoms with E-state index in [9.17, 15) is 0 Å². The summed E-state index contributed by atoms with van der Waals surface area (Å²) in [6, 6.07) is 21.2. The second kappa shape index (κ2) is 7.23. The van der Waals surface area contributed by atoms with Gasteiger partial charge in [-0.1, -0.05) is 42.5 Å². The molecule has 6 rings (SSSR count). The van der Waals surface area contributed by atoms with Crippen LogP contribution in [0.4, 0.5) is 5.13 Å². The topological polar surface area (TPSA) is 41.6 Å². The van der Waals surface area contributed by atoms with Gasteiger partial charge in [0, 0.05) is 22.9 Å². The van der Waals surface area contributed by atoms with Gasteiger partial charge in [0.05, 0.1) is 34.9 Å². The third-order valence-electron chi connectivity index (χ3n) is 5.38. The van der Waals surface area contributed by atoms with Crippen molar-refractivity contribution in [3.05, 3.63) is 94.4 Å². The van der Waals surface area contributed by atoms with Crippen LogP contribution in [-0.2, 0) is 0 Å². The van der Waals surface area contributed by atoms with Crippen LogP contribution in [-0.4, -0.2) is 10.7 Å². The zero-order valence-electron chi connectivity index (χ0n) is 15.9. The van der Waals surface area contributed by atoms with Crippen LogP contribution in [0.25, 0.3) is 22.0 Å². The van der Waals surface area contributed by atoms with Crippen LogP contribution in [0.15, 0.2) is 93.5 Å². The van der Waals surface area contributed by atoms with Crippen molar-refractivity contribution < 1.29 is 4.42 Å². The molecule has 1 aliphatic rings. The Bertz CT molecular complexity index is 1340. The Kier molecular flexibility index (Phi) is 4.25. The quantitative estimate of drug-likeness (QED) is 0.311. The number of benzene rings is 2. The normalized spacial score (nSPS) is 16.3. The SMILES string of the molecule is c1csc(C2=NN(c3nc(-c4ccc5ccccc5c4)cs3)[C@H](c3ccoc3)C2)c1. The fourth-order valence-electron chi connectivity index (χ4n) is 3.85. The highest BCUT2D eigenvalue weighted by atomic mass is 32.1. The summed E-state index contributed by atoms with van der Waals surface area (Å²) in [6.45, 7) is 0. The Labute approximate surface area is 181 Å². The third kappa shape index (κ3) is 3.05. The lowest BCUT2D eigenvalue weighted by molar-refractivity contribution is 0.558. The molecular formula is C24H17N3OS2. The molecule has 0 N–H and O–H groups in total. The molecule has 3 aromatic heterocycles. The van der Waals surface area contributed by atoms with Crippen molar-refractivity contribution in [2.45, 2.75) is 12.5 Å². The van der Waals surface area contributed by atoms with Gasteiger partial charge in [0.1, 0.15) is 0 Å². The average Bonchev–Trinajstić information content (AvgIpc) is 3.58. The molecule has 0 saturated heterocycles. The van der Waals surface area contributed by atoms with E-state index in [4.69, 9.17) is 14.5 Å². The Morgan fingerprint density at radius 3 is 2.73 bits per heavy atom. The van der Waals surface area contributed by atoms with Gasteiger partial charge >= 0.3 is 0 Å². The number of anilines is 1. The van der Waals surface area contributed by atoms with E-state index >= 15 is 0 Å². The number of nitrogens with zero attached hydrogens (tertiary/aromatic N) is 3. The number of hydrogen-bond donors (Lipinski definition) is 0. The molecule has 0 amide bonds. The summed E-state index contributed by atoms with van der Waals surface area (Å²) in [5.74, 6) is 0. The molecule has 1 atom stereocenters. The molecule has 0 bridgehead atoms. The van der Waals surface area contributed by atoms with Gasteiger partial charge in [0.25, 0.3) is 0 Å². The van der Waals surface area contributed by atoms with Gasteiger partial charge in [-0.3, -0.25) is 0 Å². The largest absolute Gasteiger partial charge is 0.472 e. The highest BCUT2D eigenvalue weighted by Gasteiger charge is 2.32. The summed E-state index contributed by atoms with van der Waals surface area (Å²) < 4.78 is 5.36. The van der Waals surface area contributed by atoms with Crippen molar-refractivity contribution in [3.8, 4) is 11.3 Å². The molecule has 30 heavy (non-hydrogen) atoms. The molecule has 0 fully saturated rings. The maximum atomic E-state index is 5.36. The average molecular weight is 428 g/mol. The monoisotopic (exact) mass is 427 g/mol. The van der Waals surface area contributed by atoms with E-state index in [0.29, 0.717) is 0 Å². The lowest BCUT2D eigenvalue weighted by atomic mass is 10.0. The van der Waals surface area contributed by atoms with Gasteiger partial charge in [-0.2, -0.15) is 5.10 Å². The lowest BCUT2D eigenvalue weighted by Gasteiger charge is -2.19. The predicted octanol–water partition coefficient (Wildman–Crippen LogP) is 6.97. The molecule has 2 aromatic carbocycles. The van der Waals surface area contributed by atoms with Gasteiger partial charge in [-0.05, 0) is 34.4 Å². The van der Waals surface area contributed by atoms with Gasteiger partial charge in [-0.25, -0.2) is 9.99 Å². The van der Waals surface area contributed by atoms with Crippen LogP contribution in [0.2, 0.25) is 0 Å². The molecule has 146 valence electrons. The fourth-order valence-corrected chi connectivity index (χ4v) is 5.41. The first-order valence-corrected chi connectivity index (χ1v) is 11.5. The fraction of sp³-hybridized carbons (Fsp3) is 0.0833. The number of aromatic nitrogens is 1. The minimum atomic E-state index is 0.0939. The van der Waals surface area contributed by atoms with E-state index in [0.717, 1.165) is 34.1 Å². The molecule has 4 nitrogen and oxygen atoms in total. The first kappa shape index (κ1) is 17.6. The number of fused-ring (bicyclic) bond motifs is 1. The number of rotatable bonds is 4. The Morgan fingerprint density at radius 2 is 1.90 bits per heavy atom. The van der Waals surface area contributed by atoms with E-state index in [1.165, 1.54) is 15.6 Å². The summed E-state index contributed by atoms with van der Waals surface area (Å²) >= 11 is 3.35. The van der Waals surface area contributed by atoms with Gasteiger partial charge in [0.15, 0.2) is 0 Å². The molecule has 0 spiro atoms. The second-order valence-corrected chi connectivity index (χ2v) is 9.01. The van der Waals surface area contributed by atoms with E-state index < -0.39 is 0 Å². The van der Waals surface area contributed by atoms with E-state index in [1.54, 1.807) is 28.9 Å². The summed E-state index contributed by atoms with van der Waals surface area (Å²) in [6.07, 6.45) is 4.37. The molecule has 6 heteroatoms. The summed E-state index contributed by atoms with van der Waals surface area (Å²) in [7, 11) is 0.